The summed E-state index contributed by atoms with van der Waals surface area (Å²) in [6.45, 7) is 7.06. The Morgan fingerprint density at radius 2 is 1.48 bits per heavy atom. The standard InChI is InChI=1S/C28H29ClN4/c1-21-26(31-28(30-21)24-13-8-14-25(29)19-24)20-32-15-17-33(18-16-32)27(22-9-4-2-5-10-22)23-11-6-3-7-12-23/h2-14,19,27H,15-18,20H2,1H3,(H,30,31). The van der Waals surface area contributed by atoms with Crippen LogP contribution in [0.4, 0.5) is 0 Å². The van der Waals surface area contributed by atoms with Crippen molar-refractivity contribution in [3.8, 4) is 11.4 Å². The fourth-order valence-corrected chi connectivity index (χ4v) is 4.89. The van der Waals surface area contributed by atoms with Gasteiger partial charge in [-0.2, -0.15) is 0 Å². The zero-order valence-electron chi connectivity index (χ0n) is 18.9. The number of hydrogen-bond acceptors (Lipinski definition) is 3. The molecule has 4 aromatic rings. The molecule has 0 unspecified atom stereocenters. The van der Waals surface area contributed by atoms with E-state index in [0.29, 0.717) is 0 Å². The number of benzene rings is 3. The van der Waals surface area contributed by atoms with E-state index in [1.807, 2.05) is 24.3 Å². The average Bonchev–Trinajstić information content (AvgIpc) is 3.22. The Balaban J connectivity index is 1.28. The highest BCUT2D eigenvalue weighted by molar-refractivity contribution is 6.30. The number of imidazole rings is 1. The second-order valence-corrected chi connectivity index (χ2v) is 9.14. The molecule has 0 radical (unpaired) electrons. The molecular formula is C28H29ClN4. The number of rotatable bonds is 6. The summed E-state index contributed by atoms with van der Waals surface area (Å²) in [7, 11) is 0. The third-order valence-corrected chi connectivity index (χ3v) is 6.69. The lowest BCUT2D eigenvalue weighted by Gasteiger charge is -2.39. The highest BCUT2D eigenvalue weighted by Gasteiger charge is 2.27. The van der Waals surface area contributed by atoms with Gasteiger partial charge in [0, 0.05) is 49.0 Å². The van der Waals surface area contributed by atoms with Gasteiger partial charge < -0.3 is 4.98 Å². The monoisotopic (exact) mass is 456 g/mol. The van der Waals surface area contributed by atoms with Crippen molar-refractivity contribution in [3.05, 3.63) is 112 Å². The largest absolute Gasteiger partial charge is 0.342 e. The second-order valence-electron chi connectivity index (χ2n) is 8.70. The van der Waals surface area contributed by atoms with Crippen LogP contribution in [0.1, 0.15) is 28.6 Å². The molecule has 0 saturated carbocycles. The van der Waals surface area contributed by atoms with Crippen LogP contribution >= 0.6 is 11.6 Å². The Morgan fingerprint density at radius 3 is 2.09 bits per heavy atom. The molecule has 0 amide bonds. The first-order valence-electron chi connectivity index (χ1n) is 11.5. The molecule has 0 bridgehead atoms. The molecule has 0 spiro atoms. The molecule has 1 aromatic heterocycles. The van der Waals surface area contributed by atoms with Gasteiger partial charge in [0.05, 0.1) is 11.7 Å². The SMILES string of the molecule is Cc1[nH]c(-c2cccc(Cl)c2)nc1CN1CCN(C(c2ccccc2)c2ccccc2)CC1. The Labute approximate surface area is 200 Å². The van der Waals surface area contributed by atoms with E-state index < -0.39 is 0 Å². The quantitative estimate of drug-likeness (QED) is 0.389. The van der Waals surface area contributed by atoms with Crippen molar-refractivity contribution in [2.45, 2.75) is 19.5 Å². The smallest absolute Gasteiger partial charge is 0.137 e. The van der Waals surface area contributed by atoms with Gasteiger partial charge in [-0.25, -0.2) is 4.98 Å². The fourth-order valence-electron chi connectivity index (χ4n) is 4.70. The van der Waals surface area contributed by atoms with Crippen LogP contribution in [0.25, 0.3) is 11.4 Å². The van der Waals surface area contributed by atoms with Gasteiger partial charge in [-0.1, -0.05) is 84.4 Å². The fraction of sp³-hybridized carbons (Fsp3) is 0.250. The summed E-state index contributed by atoms with van der Waals surface area (Å²) in [5, 5.41) is 0.727. The highest BCUT2D eigenvalue weighted by atomic mass is 35.5. The molecule has 5 heteroatoms. The minimum absolute atomic E-state index is 0.288. The summed E-state index contributed by atoms with van der Waals surface area (Å²) in [5.41, 5.74) is 5.97. The van der Waals surface area contributed by atoms with Crippen LogP contribution in [-0.2, 0) is 6.54 Å². The van der Waals surface area contributed by atoms with Crippen LogP contribution < -0.4 is 0 Å². The lowest BCUT2D eigenvalue weighted by atomic mass is 9.96. The second kappa shape index (κ2) is 9.92. The summed E-state index contributed by atoms with van der Waals surface area (Å²) < 4.78 is 0. The van der Waals surface area contributed by atoms with Crippen LogP contribution in [0.2, 0.25) is 5.02 Å². The molecule has 0 atom stereocenters. The summed E-state index contributed by atoms with van der Waals surface area (Å²) >= 11 is 6.17. The Bertz CT molecular complexity index is 1140. The molecule has 4 nitrogen and oxygen atoms in total. The maximum absolute atomic E-state index is 6.17. The van der Waals surface area contributed by atoms with Crippen LogP contribution in [0.5, 0.6) is 0 Å². The van der Waals surface area contributed by atoms with Gasteiger partial charge in [-0.05, 0) is 30.2 Å². The third-order valence-electron chi connectivity index (χ3n) is 6.46. The van der Waals surface area contributed by atoms with E-state index in [9.17, 15) is 0 Å². The molecule has 5 rings (SSSR count). The van der Waals surface area contributed by atoms with Crippen molar-refractivity contribution in [3.63, 3.8) is 0 Å². The zero-order valence-corrected chi connectivity index (χ0v) is 19.7. The van der Waals surface area contributed by atoms with Crippen LogP contribution in [0.15, 0.2) is 84.9 Å². The van der Waals surface area contributed by atoms with Crippen molar-refractivity contribution >= 4 is 11.6 Å². The van der Waals surface area contributed by atoms with Crippen molar-refractivity contribution in [2.75, 3.05) is 26.2 Å². The normalized spacial score (nSPS) is 15.2. The predicted molar refractivity (Wildman–Crippen MR) is 135 cm³/mol. The number of aromatic amines is 1. The minimum atomic E-state index is 0.288. The van der Waals surface area contributed by atoms with Crippen LogP contribution in [0.3, 0.4) is 0 Å². The highest BCUT2D eigenvalue weighted by Crippen LogP contribution is 2.30. The number of nitrogens with zero attached hydrogens (tertiary/aromatic N) is 3. The number of nitrogens with one attached hydrogen (secondary N) is 1. The molecule has 1 saturated heterocycles. The molecule has 3 aromatic carbocycles. The lowest BCUT2D eigenvalue weighted by molar-refractivity contribution is 0.104. The van der Waals surface area contributed by atoms with Gasteiger partial charge in [0.2, 0.25) is 0 Å². The molecule has 1 aliphatic heterocycles. The van der Waals surface area contributed by atoms with E-state index in [2.05, 4.69) is 82.4 Å². The number of hydrogen-bond donors (Lipinski definition) is 1. The summed E-state index contributed by atoms with van der Waals surface area (Å²) in [6.07, 6.45) is 0. The molecule has 1 fully saturated rings. The molecule has 33 heavy (non-hydrogen) atoms. The molecule has 2 heterocycles. The van der Waals surface area contributed by atoms with E-state index in [-0.39, 0.29) is 6.04 Å². The van der Waals surface area contributed by atoms with E-state index in [1.165, 1.54) is 11.1 Å². The van der Waals surface area contributed by atoms with Gasteiger partial charge in [-0.3, -0.25) is 9.80 Å². The number of aromatic nitrogens is 2. The zero-order chi connectivity index (χ0) is 22.6. The van der Waals surface area contributed by atoms with Crippen molar-refractivity contribution in [1.82, 2.24) is 19.8 Å². The molecule has 1 N–H and O–H groups in total. The molecular weight excluding hydrogens is 428 g/mol. The van der Waals surface area contributed by atoms with Gasteiger partial charge in [0.1, 0.15) is 5.82 Å². The minimum Gasteiger partial charge on any atom is -0.342 e. The van der Waals surface area contributed by atoms with E-state index >= 15 is 0 Å². The van der Waals surface area contributed by atoms with Crippen molar-refractivity contribution in [1.29, 1.82) is 0 Å². The number of piperazine rings is 1. The van der Waals surface area contributed by atoms with E-state index in [0.717, 1.165) is 60.5 Å². The first kappa shape index (κ1) is 21.9. The van der Waals surface area contributed by atoms with Gasteiger partial charge in [-0.15, -0.1) is 0 Å². The van der Waals surface area contributed by atoms with E-state index in [1.54, 1.807) is 0 Å². The van der Waals surface area contributed by atoms with Gasteiger partial charge >= 0.3 is 0 Å². The van der Waals surface area contributed by atoms with E-state index in [4.69, 9.17) is 16.6 Å². The maximum Gasteiger partial charge on any atom is 0.137 e. The lowest BCUT2D eigenvalue weighted by Crippen LogP contribution is -2.47. The number of aryl methyl sites for hydroxylation is 1. The summed E-state index contributed by atoms with van der Waals surface area (Å²) in [4.78, 5) is 13.5. The first-order chi connectivity index (χ1) is 16.2. The van der Waals surface area contributed by atoms with Crippen molar-refractivity contribution < 1.29 is 0 Å². The number of halogens is 1. The Morgan fingerprint density at radius 1 is 0.848 bits per heavy atom. The first-order valence-corrected chi connectivity index (χ1v) is 11.9. The molecule has 168 valence electrons. The predicted octanol–water partition coefficient (Wildman–Crippen LogP) is 5.95. The van der Waals surface area contributed by atoms with Crippen LogP contribution in [-0.4, -0.2) is 45.9 Å². The van der Waals surface area contributed by atoms with Crippen molar-refractivity contribution in [2.24, 2.45) is 0 Å². The Hall–Kier alpha value is -2.92. The summed E-state index contributed by atoms with van der Waals surface area (Å²) in [6, 6.07) is 29.8. The van der Waals surface area contributed by atoms with Gasteiger partial charge in [0.25, 0.3) is 0 Å². The molecule has 1 aliphatic rings. The maximum atomic E-state index is 6.17. The van der Waals surface area contributed by atoms with Crippen LogP contribution in [0, 0.1) is 6.92 Å². The average molecular weight is 457 g/mol. The van der Waals surface area contributed by atoms with Gasteiger partial charge in [0.15, 0.2) is 0 Å². The molecule has 0 aliphatic carbocycles. The summed E-state index contributed by atoms with van der Waals surface area (Å²) in [5.74, 6) is 0.886. The topological polar surface area (TPSA) is 35.2 Å². The Kier molecular flexibility index (Phi) is 6.58. The number of H-pyrrole nitrogens is 1. The third kappa shape index (κ3) is 5.03.